The van der Waals surface area contributed by atoms with Crippen LogP contribution in [-0.4, -0.2) is 28.2 Å². The molecule has 0 saturated heterocycles. The molecular formula is C18H20O5S. The monoisotopic (exact) mass is 348 g/mol. The molecule has 0 amide bonds. The van der Waals surface area contributed by atoms with E-state index in [0.717, 1.165) is 22.6 Å². The molecule has 2 aromatic rings. The molecule has 6 heteroatoms. The summed E-state index contributed by atoms with van der Waals surface area (Å²) >= 11 is 0. The van der Waals surface area contributed by atoms with E-state index < -0.39 is 10.1 Å². The number of hydrogen-bond donors (Lipinski definition) is 0. The first-order chi connectivity index (χ1) is 11.6. The largest absolute Gasteiger partial charge is 0.486 e. The van der Waals surface area contributed by atoms with Gasteiger partial charge in [0.15, 0.2) is 11.5 Å². The van der Waals surface area contributed by atoms with Crippen LogP contribution in [0.1, 0.15) is 17.5 Å². The summed E-state index contributed by atoms with van der Waals surface area (Å²) in [6.45, 7) is 3.11. The Morgan fingerprint density at radius 1 is 1.04 bits per heavy atom. The fraction of sp³-hybridized carbons (Fsp3) is 0.333. The summed E-state index contributed by atoms with van der Waals surface area (Å²) < 4.78 is 40.6. The Labute approximate surface area is 142 Å². The fourth-order valence-corrected chi connectivity index (χ4v) is 3.48. The van der Waals surface area contributed by atoms with E-state index in [2.05, 4.69) is 0 Å². The van der Waals surface area contributed by atoms with Crippen LogP contribution in [0.15, 0.2) is 47.4 Å². The van der Waals surface area contributed by atoms with Gasteiger partial charge in [0.25, 0.3) is 10.1 Å². The van der Waals surface area contributed by atoms with E-state index in [0.29, 0.717) is 26.1 Å². The highest BCUT2D eigenvalue weighted by Crippen LogP contribution is 2.34. The lowest BCUT2D eigenvalue weighted by Gasteiger charge is -2.20. The normalized spacial score (nSPS) is 13.7. The molecule has 0 spiro atoms. The van der Waals surface area contributed by atoms with Crippen LogP contribution in [0.5, 0.6) is 11.5 Å². The SMILES string of the molecule is Cc1ccc(S(=O)(=O)OCCCc2cccc3c2OCCO3)cc1. The van der Waals surface area contributed by atoms with E-state index in [1.165, 1.54) is 0 Å². The van der Waals surface area contributed by atoms with Crippen LogP contribution in [0.3, 0.4) is 0 Å². The summed E-state index contributed by atoms with van der Waals surface area (Å²) in [6, 6.07) is 12.4. The van der Waals surface area contributed by atoms with Gasteiger partial charge in [0.1, 0.15) is 13.2 Å². The Morgan fingerprint density at radius 3 is 2.58 bits per heavy atom. The van der Waals surface area contributed by atoms with Gasteiger partial charge in [-0.3, -0.25) is 4.18 Å². The highest BCUT2D eigenvalue weighted by molar-refractivity contribution is 7.86. The zero-order chi connectivity index (χ0) is 17.0. The summed E-state index contributed by atoms with van der Waals surface area (Å²) in [5.41, 5.74) is 2.01. The maximum atomic E-state index is 12.1. The van der Waals surface area contributed by atoms with Gasteiger partial charge in [0.2, 0.25) is 0 Å². The number of fused-ring (bicyclic) bond motifs is 1. The van der Waals surface area contributed by atoms with Gasteiger partial charge in [-0.05, 0) is 43.5 Å². The summed E-state index contributed by atoms with van der Waals surface area (Å²) in [5.74, 6) is 1.50. The smallest absolute Gasteiger partial charge is 0.296 e. The lowest BCUT2D eigenvalue weighted by Crippen LogP contribution is -2.16. The third kappa shape index (κ3) is 3.88. The predicted octanol–water partition coefficient (Wildman–Crippen LogP) is 3.10. The third-order valence-electron chi connectivity index (χ3n) is 3.79. The number of ether oxygens (including phenoxy) is 2. The minimum absolute atomic E-state index is 0.126. The first-order valence-corrected chi connectivity index (χ1v) is 9.31. The molecule has 5 nitrogen and oxygen atoms in total. The van der Waals surface area contributed by atoms with Crippen LogP contribution in [0.25, 0.3) is 0 Å². The van der Waals surface area contributed by atoms with Crippen molar-refractivity contribution in [3.05, 3.63) is 53.6 Å². The van der Waals surface area contributed by atoms with Crippen LogP contribution < -0.4 is 9.47 Å². The van der Waals surface area contributed by atoms with Gasteiger partial charge in [0.05, 0.1) is 11.5 Å². The zero-order valence-corrected chi connectivity index (χ0v) is 14.3. The van der Waals surface area contributed by atoms with E-state index in [4.69, 9.17) is 13.7 Å². The molecule has 1 aliphatic heterocycles. The molecule has 0 unspecified atom stereocenters. The standard InChI is InChI=1S/C18H20O5S/c1-14-7-9-16(10-8-14)24(19,20)23-11-3-5-15-4-2-6-17-18(15)22-13-12-21-17/h2,4,6-10H,3,5,11-13H2,1H3. The molecule has 128 valence electrons. The Hall–Kier alpha value is -2.05. The third-order valence-corrected chi connectivity index (χ3v) is 5.11. The van der Waals surface area contributed by atoms with Gasteiger partial charge in [-0.1, -0.05) is 29.8 Å². The molecular weight excluding hydrogens is 328 g/mol. The van der Waals surface area contributed by atoms with Gasteiger partial charge in [-0.2, -0.15) is 8.42 Å². The Kier molecular flexibility index (Phi) is 5.06. The van der Waals surface area contributed by atoms with E-state index >= 15 is 0 Å². The quantitative estimate of drug-likeness (QED) is 0.593. The van der Waals surface area contributed by atoms with Crippen molar-refractivity contribution in [3.8, 4) is 11.5 Å². The van der Waals surface area contributed by atoms with Crippen LogP contribution in [0.2, 0.25) is 0 Å². The minimum Gasteiger partial charge on any atom is -0.486 e. The maximum Gasteiger partial charge on any atom is 0.296 e. The average molecular weight is 348 g/mol. The van der Waals surface area contributed by atoms with Crippen molar-refractivity contribution in [2.75, 3.05) is 19.8 Å². The topological polar surface area (TPSA) is 61.8 Å². The predicted molar refractivity (Wildman–Crippen MR) is 90.1 cm³/mol. The van der Waals surface area contributed by atoms with Crippen molar-refractivity contribution < 1.29 is 22.1 Å². The maximum absolute atomic E-state index is 12.1. The van der Waals surface area contributed by atoms with Crippen molar-refractivity contribution in [1.29, 1.82) is 0 Å². The van der Waals surface area contributed by atoms with Crippen molar-refractivity contribution in [2.45, 2.75) is 24.7 Å². The molecule has 0 bridgehead atoms. The van der Waals surface area contributed by atoms with Crippen molar-refractivity contribution >= 4 is 10.1 Å². The molecule has 0 N–H and O–H groups in total. The van der Waals surface area contributed by atoms with Crippen LogP contribution in [-0.2, 0) is 20.7 Å². The van der Waals surface area contributed by atoms with Crippen molar-refractivity contribution in [2.24, 2.45) is 0 Å². The van der Waals surface area contributed by atoms with Gasteiger partial charge in [-0.15, -0.1) is 0 Å². The molecule has 24 heavy (non-hydrogen) atoms. The van der Waals surface area contributed by atoms with E-state index in [9.17, 15) is 8.42 Å². The summed E-state index contributed by atoms with van der Waals surface area (Å²) in [4.78, 5) is 0.182. The molecule has 0 radical (unpaired) electrons. The minimum atomic E-state index is -3.70. The highest BCUT2D eigenvalue weighted by Gasteiger charge is 2.17. The Bertz CT molecular complexity index is 797. The van der Waals surface area contributed by atoms with Gasteiger partial charge in [0, 0.05) is 0 Å². The van der Waals surface area contributed by atoms with Crippen LogP contribution in [0, 0.1) is 6.92 Å². The first kappa shape index (κ1) is 16.8. The van der Waals surface area contributed by atoms with Gasteiger partial charge >= 0.3 is 0 Å². The molecule has 2 aromatic carbocycles. The van der Waals surface area contributed by atoms with E-state index in [-0.39, 0.29) is 11.5 Å². The molecule has 0 aliphatic carbocycles. The lowest BCUT2D eigenvalue weighted by molar-refractivity contribution is 0.169. The summed E-state index contributed by atoms with van der Waals surface area (Å²) in [7, 11) is -3.70. The fourth-order valence-electron chi connectivity index (χ4n) is 2.54. The van der Waals surface area contributed by atoms with Crippen LogP contribution in [0.4, 0.5) is 0 Å². The first-order valence-electron chi connectivity index (χ1n) is 7.90. The van der Waals surface area contributed by atoms with Crippen molar-refractivity contribution in [1.82, 2.24) is 0 Å². The number of hydrogen-bond acceptors (Lipinski definition) is 5. The summed E-state index contributed by atoms with van der Waals surface area (Å²) in [5, 5.41) is 0. The number of aryl methyl sites for hydroxylation is 2. The number of para-hydroxylation sites is 1. The lowest BCUT2D eigenvalue weighted by atomic mass is 10.1. The van der Waals surface area contributed by atoms with Crippen molar-refractivity contribution in [3.63, 3.8) is 0 Å². The molecule has 0 aromatic heterocycles. The molecule has 1 heterocycles. The molecule has 0 saturated carbocycles. The van der Waals surface area contributed by atoms with Gasteiger partial charge < -0.3 is 9.47 Å². The summed E-state index contributed by atoms with van der Waals surface area (Å²) in [6.07, 6.45) is 1.24. The highest BCUT2D eigenvalue weighted by atomic mass is 32.2. The van der Waals surface area contributed by atoms with Gasteiger partial charge in [-0.25, -0.2) is 0 Å². The number of rotatable bonds is 6. The molecule has 1 aliphatic rings. The molecule has 3 rings (SSSR count). The number of benzene rings is 2. The van der Waals surface area contributed by atoms with E-state index in [1.54, 1.807) is 24.3 Å². The zero-order valence-electron chi connectivity index (χ0n) is 13.5. The molecule has 0 fully saturated rings. The second-order valence-electron chi connectivity index (χ2n) is 5.63. The van der Waals surface area contributed by atoms with Crippen LogP contribution >= 0.6 is 0 Å². The van der Waals surface area contributed by atoms with E-state index in [1.807, 2.05) is 25.1 Å². The second-order valence-corrected chi connectivity index (χ2v) is 7.25. The average Bonchev–Trinajstić information content (AvgIpc) is 2.59. The second kappa shape index (κ2) is 7.23. The Balaban J connectivity index is 1.57. The Morgan fingerprint density at radius 2 is 1.79 bits per heavy atom. The molecule has 0 atom stereocenters.